The molecule has 1 aromatic carbocycles. The van der Waals surface area contributed by atoms with E-state index in [4.69, 9.17) is 4.74 Å². The molecule has 1 N–H and O–H groups in total. The molecule has 0 aliphatic carbocycles. The van der Waals surface area contributed by atoms with Gasteiger partial charge in [-0.1, -0.05) is 30.3 Å². The maximum atomic E-state index is 13.0. The van der Waals surface area contributed by atoms with Crippen LogP contribution in [0.3, 0.4) is 0 Å². The maximum Gasteiger partial charge on any atom is 0.245 e. The molecule has 8 heteroatoms. The van der Waals surface area contributed by atoms with Crippen molar-refractivity contribution in [1.82, 2.24) is 20.1 Å². The van der Waals surface area contributed by atoms with E-state index in [9.17, 15) is 14.4 Å². The zero-order valence-electron chi connectivity index (χ0n) is 18.0. The number of nitrogens with zero attached hydrogens (tertiary/aromatic N) is 3. The van der Waals surface area contributed by atoms with E-state index in [0.717, 1.165) is 17.5 Å². The van der Waals surface area contributed by atoms with Gasteiger partial charge in [-0.15, -0.1) is 0 Å². The maximum absolute atomic E-state index is 13.0. The van der Waals surface area contributed by atoms with E-state index in [0.29, 0.717) is 39.1 Å². The van der Waals surface area contributed by atoms with Crippen molar-refractivity contribution in [3.8, 4) is 0 Å². The number of ether oxygens (including phenoxy) is 1. The van der Waals surface area contributed by atoms with Crippen LogP contribution in [-0.4, -0.2) is 70.8 Å². The zero-order valence-corrected chi connectivity index (χ0v) is 18.0. The van der Waals surface area contributed by atoms with Crippen molar-refractivity contribution in [2.75, 3.05) is 26.2 Å². The molecule has 4 rings (SSSR count). The summed E-state index contributed by atoms with van der Waals surface area (Å²) in [5, 5.41) is 2.71. The number of hydrogen-bond acceptors (Lipinski definition) is 5. The fraction of sp³-hybridized carbons (Fsp3) is 0.417. The van der Waals surface area contributed by atoms with Crippen molar-refractivity contribution in [1.29, 1.82) is 0 Å². The lowest BCUT2D eigenvalue weighted by atomic mass is 10.1. The van der Waals surface area contributed by atoms with Crippen LogP contribution in [0.25, 0.3) is 0 Å². The van der Waals surface area contributed by atoms with E-state index < -0.39 is 6.04 Å². The van der Waals surface area contributed by atoms with Crippen LogP contribution in [0.5, 0.6) is 0 Å². The first-order chi connectivity index (χ1) is 15.6. The predicted octanol–water partition coefficient (Wildman–Crippen LogP) is 1.16. The van der Waals surface area contributed by atoms with Crippen LogP contribution in [0.1, 0.15) is 24.0 Å². The Bertz CT molecular complexity index is 938. The monoisotopic (exact) mass is 436 g/mol. The van der Waals surface area contributed by atoms with Crippen LogP contribution in [0, 0.1) is 0 Å². The molecule has 2 aliphatic heterocycles. The summed E-state index contributed by atoms with van der Waals surface area (Å²) < 4.78 is 6.14. The van der Waals surface area contributed by atoms with Crippen LogP contribution >= 0.6 is 0 Å². The number of amides is 3. The number of aromatic nitrogens is 1. The lowest BCUT2D eigenvalue weighted by Gasteiger charge is -2.26. The highest BCUT2D eigenvalue weighted by Crippen LogP contribution is 2.16. The van der Waals surface area contributed by atoms with Crippen LogP contribution in [-0.2, 0) is 32.1 Å². The number of carbonyl (C=O) groups is 3. The molecule has 2 aromatic rings. The van der Waals surface area contributed by atoms with Crippen LogP contribution in [0.4, 0.5) is 0 Å². The van der Waals surface area contributed by atoms with Gasteiger partial charge in [0, 0.05) is 38.4 Å². The summed E-state index contributed by atoms with van der Waals surface area (Å²) >= 11 is 0. The minimum absolute atomic E-state index is 0.00485. The molecule has 1 unspecified atom stereocenters. The molecular weight excluding hydrogens is 408 g/mol. The van der Waals surface area contributed by atoms with E-state index in [2.05, 4.69) is 10.3 Å². The number of benzene rings is 1. The number of pyridine rings is 1. The molecule has 1 aromatic heterocycles. The van der Waals surface area contributed by atoms with Gasteiger partial charge in [0.15, 0.2) is 0 Å². The largest absolute Gasteiger partial charge is 0.370 e. The summed E-state index contributed by atoms with van der Waals surface area (Å²) in [6.07, 6.45) is 4.62. The van der Waals surface area contributed by atoms with Crippen LogP contribution in [0.2, 0.25) is 0 Å². The highest BCUT2D eigenvalue weighted by molar-refractivity contribution is 5.93. The first-order valence-electron chi connectivity index (χ1n) is 11.0. The molecule has 8 nitrogen and oxygen atoms in total. The van der Waals surface area contributed by atoms with Gasteiger partial charge >= 0.3 is 0 Å². The Hall–Kier alpha value is -3.26. The molecule has 0 bridgehead atoms. The molecular formula is C24H28N4O4. The van der Waals surface area contributed by atoms with E-state index >= 15 is 0 Å². The topological polar surface area (TPSA) is 91.8 Å². The second-order valence-corrected chi connectivity index (χ2v) is 8.24. The first kappa shape index (κ1) is 22.0. The second-order valence-electron chi connectivity index (χ2n) is 8.24. The highest BCUT2D eigenvalue weighted by atomic mass is 16.5. The standard InChI is InChI=1S/C24H28N4O4/c29-22-7-6-21(26-22)24(31)28-15-20(32-17-19-8-11-25-12-9-19)14-27(23(30)16-28)13-10-18-4-2-1-3-5-18/h1-5,8-9,11-12,20-21H,6-7,10,13-17H2,(H,26,29)/t20?,21-/m0/s1. The Morgan fingerprint density at radius 1 is 1.06 bits per heavy atom. The van der Waals surface area contributed by atoms with Crippen LogP contribution in [0.15, 0.2) is 54.9 Å². The summed E-state index contributed by atoms with van der Waals surface area (Å²) in [5.41, 5.74) is 2.13. The smallest absolute Gasteiger partial charge is 0.245 e. The number of rotatable bonds is 7. The summed E-state index contributed by atoms with van der Waals surface area (Å²) in [6, 6.07) is 13.2. The van der Waals surface area contributed by atoms with Crippen molar-refractivity contribution >= 4 is 17.7 Å². The minimum atomic E-state index is -0.563. The average molecular weight is 437 g/mol. The molecule has 2 atom stereocenters. The van der Waals surface area contributed by atoms with Crippen molar-refractivity contribution < 1.29 is 19.1 Å². The Labute approximate surface area is 187 Å². The molecule has 2 aliphatic rings. The SMILES string of the molecule is O=C1CC[C@@H](C(=O)N2CC(=O)N(CCc3ccccc3)CC(OCc3ccncc3)C2)N1. The molecule has 32 heavy (non-hydrogen) atoms. The number of nitrogens with one attached hydrogen (secondary N) is 1. The van der Waals surface area contributed by atoms with E-state index in [1.807, 2.05) is 42.5 Å². The number of hydrogen-bond donors (Lipinski definition) is 1. The molecule has 2 fully saturated rings. The highest BCUT2D eigenvalue weighted by Gasteiger charge is 2.36. The summed E-state index contributed by atoms with van der Waals surface area (Å²) in [6.45, 7) is 1.65. The fourth-order valence-electron chi connectivity index (χ4n) is 4.09. The Morgan fingerprint density at radius 3 is 2.56 bits per heavy atom. The minimum Gasteiger partial charge on any atom is -0.370 e. The molecule has 0 radical (unpaired) electrons. The van der Waals surface area contributed by atoms with Gasteiger partial charge in [-0.2, -0.15) is 0 Å². The molecule has 0 saturated carbocycles. The summed E-state index contributed by atoms with van der Waals surface area (Å²) in [4.78, 5) is 45.0. The third-order valence-corrected chi connectivity index (χ3v) is 5.88. The van der Waals surface area contributed by atoms with Crippen molar-refractivity contribution in [2.24, 2.45) is 0 Å². The van der Waals surface area contributed by atoms with Gasteiger partial charge in [-0.25, -0.2) is 0 Å². The first-order valence-corrected chi connectivity index (χ1v) is 11.0. The lowest BCUT2D eigenvalue weighted by Crippen LogP contribution is -2.48. The van der Waals surface area contributed by atoms with Crippen molar-refractivity contribution in [2.45, 2.75) is 38.0 Å². The van der Waals surface area contributed by atoms with Gasteiger partial charge in [0.25, 0.3) is 0 Å². The van der Waals surface area contributed by atoms with Gasteiger partial charge in [0.1, 0.15) is 6.04 Å². The normalized spacial score (nSPS) is 21.4. The van der Waals surface area contributed by atoms with Crippen molar-refractivity contribution in [3.05, 3.63) is 66.0 Å². The van der Waals surface area contributed by atoms with Gasteiger partial charge in [0.2, 0.25) is 17.7 Å². The Balaban J connectivity index is 1.45. The van der Waals surface area contributed by atoms with Gasteiger partial charge in [-0.3, -0.25) is 19.4 Å². The zero-order chi connectivity index (χ0) is 22.3. The predicted molar refractivity (Wildman–Crippen MR) is 117 cm³/mol. The van der Waals surface area contributed by atoms with Gasteiger partial charge in [-0.05, 0) is 36.1 Å². The molecule has 2 saturated heterocycles. The van der Waals surface area contributed by atoms with E-state index in [1.54, 1.807) is 22.2 Å². The summed E-state index contributed by atoms with van der Waals surface area (Å²) in [7, 11) is 0. The average Bonchev–Trinajstić information content (AvgIpc) is 3.19. The molecule has 3 amide bonds. The second kappa shape index (κ2) is 10.4. The van der Waals surface area contributed by atoms with E-state index in [1.165, 1.54) is 0 Å². The van der Waals surface area contributed by atoms with E-state index in [-0.39, 0.29) is 30.4 Å². The Kier molecular flexibility index (Phi) is 7.11. The number of carbonyl (C=O) groups excluding carboxylic acids is 3. The summed E-state index contributed by atoms with van der Waals surface area (Å²) in [5.74, 6) is -0.445. The Morgan fingerprint density at radius 2 is 1.84 bits per heavy atom. The quantitative estimate of drug-likeness (QED) is 0.703. The van der Waals surface area contributed by atoms with Gasteiger partial charge in [0.05, 0.1) is 19.3 Å². The molecule has 0 spiro atoms. The van der Waals surface area contributed by atoms with Crippen molar-refractivity contribution in [3.63, 3.8) is 0 Å². The molecule has 3 heterocycles. The third kappa shape index (κ3) is 5.70. The van der Waals surface area contributed by atoms with Gasteiger partial charge < -0.3 is 19.9 Å². The third-order valence-electron chi connectivity index (χ3n) is 5.88. The lowest BCUT2D eigenvalue weighted by molar-refractivity contribution is -0.140. The molecule has 168 valence electrons. The van der Waals surface area contributed by atoms with Crippen LogP contribution < -0.4 is 5.32 Å². The fourth-order valence-corrected chi connectivity index (χ4v) is 4.09.